The van der Waals surface area contributed by atoms with Crippen LogP contribution in [0, 0.1) is 23.7 Å². The van der Waals surface area contributed by atoms with Crippen LogP contribution in [0.4, 0.5) is 0 Å². The van der Waals surface area contributed by atoms with E-state index in [0.29, 0.717) is 13.2 Å². The molecule has 0 spiro atoms. The van der Waals surface area contributed by atoms with Gasteiger partial charge in [-0.25, -0.2) is 0 Å². The lowest BCUT2D eigenvalue weighted by Crippen LogP contribution is -2.29. The highest BCUT2D eigenvalue weighted by atomic mass is 16.5. The molecule has 34 heavy (non-hydrogen) atoms. The van der Waals surface area contributed by atoms with Gasteiger partial charge in [-0.2, -0.15) is 0 Å². The summed E-state index contributed by atoms with van der Waals surface area (Å²) >= 11 is 0. The molecular formula is C30H48O4. The van der Waals surface area contributed by atoms with Crippen LogP contribution >= 0.6 is 0 Å². The Bertz CT molecular complexity index is 670. The molecule has 0 aliphatic heterocycles. The van der Waals surface area contributed by atoms with Crippen LogP contribution < -0.4 is 9.47 Å². The molecule has 0 bridgehead atoms. The molecule has 2 aliphatic rings. The molecule has 0 amide bonds. The lowest BCUT2D eigenvalue weighted by atomic mass is 9.69. The topological polar surface area (TPSA) is 44.8 Å². The first-order valence-electron chi connectivity index (χ1n) is 14.2. The van der Waals surface area contributed by atoms with Gasteiger partial charge in [0, 0.05) is 6.42 Å². The van der Waals surface area contributed by atoms with Gasteiger partial charge in [0.2, 0.25) is 0 Å². The molecule has 0 radical (unpaired) electrons. The van der Waals surface area contributed by atoms with Crippen LogP contribution in [-0.4, -0.2) is 25.8 Å². The van der Waals surface area contributed by atoms with Crippen molar-refractivity contribution in [1.29, 1.82) is 0 Å². The van der Waals surface area contributed by atoms with Crippen molar-refractivity contribution in [2.45, 2.75) is 104 Å². The molecule has 0 atom stereocenters. The van der Waals surface area contributed by atoms with Gasteiger partial charge < -0.3 is 14.2 Å². The fourth-order valence-electron chi connectivity index (χ4n) is 5.90. The Morgan fingerprint density at radius 3 is 1.82 bits per heavy atom. The largest absolute Gasteiger partial charge is 0.494 e. The minimum absolute atomic E-state index is 0.00896. The molecule has 0 saturated heterocycles. The van der Waals surface area contributed by atoms with Gasteiger partial charge in [-0.1, -0.05) is 52.4 Å². The summed E-state index contributed by atoms with van der Waals surface area (Å²) in [4.78, 5) is 12.5. The summed E-state index contributed by atoms with van der Waals surface area (Å²) in [7, 11) is 0. The molecule has 0 N–H and O–H groups in total. The van der Waals surface area contributed by atoms with Gasteiger partial charge in [0.05, 0.1) is 25.7 Å². The molecule has 4 heteroatoms. The summed E-state index contributed by atoms with van der Waals surface area (Å²) < 4.78 is 17.1. The molecule has 192 valence electrons. The molecule has 0 heterocycles. The minimum Gasteiger partial charge on any atom is -0.494 e. The maximum Gasteiger partial charge on any atom is 0.308 e. The number of carbonyl (C=O) groups excluding carboxylic acids is 1. The third kappa shape index (κ3) is 9.15. The molecule has 1 aromatic rings. The van der Waals surface area contributed by atoms with E-state index in [2.05, 4.69) is 13.8 Å². The highest BCUT2D eigenvalue weighted by Crippen LogP contribution is 2.42. The first-order valence-corrected chi connectivity index (χ1v) is 14.2. The van der Waals surface area contributed by atoms with Crippen LogP contribution in [-0.2, 0) is 9.53 Å². The van der Waals surface area contributed by atoms with Gasteiger partial charge in [-0.05, 0) is 87.0 Å². The van der Waals surface area contributed by atoms with E-state index in [0.717, 1.165) is 61.5 Å². The number of rotatable bonds is 14. The second-order valence-corrected chi connectivity index (χ2v) is 10.6. The number of unbranched alkanes of at least 4 members (excludes halogenated alkanes) is 2. The predicted molar refractivity (Wildman–Crippen MR) is 138 cm³/mol. The Morgan fingerprint density at radius 1 is 0.706 bits per heavy atom. The molecule has 1 aromatic carbocycles. The zero-order valence-electron chi connectivity index (χ0n) is 21.8. The molecule has 2 fully saturated rings. The third-order valence-corrected chi connectivity index (χ3v) is 8.00. The van der Waals surface area contributed by atoms with E-state index in [1.165, 1.54) is 64.2 Å². The van der Waals surface area contributed by atoms with Crippen LogP contribution in [0.5, 0.6) is 11.5 Å². The summed E-state index contributed by atoms with van der Waals surface area (Å²) in [6, 6.07) is 7.79. The highest BCUT2D eigenvalue weighted by molar-refractivity contribution is 5.72. The van der Waals surface area contributed by atoms with Crippen molar-refractivity contribution in [1.82, 2.24) is 0 Å². The van der Waals surface area contributed by atoms with Crippen molar-refractivity contribution < 1.29 is 19.0 Å². The van der Waals surface area contributed by atoms with Crippen molar-refractivity contribution in [2.75, 3.05) is 19.8 Å². The fraction of sp³-hybridized carbons (Fsp3) is 0.767. The smallest absolute Gasteiger partial charge is 0.308 e. The van der Waals surface area contributed by atoms with E-state index in [4.69, 9.17) is 14.2 Å². The first-order chi connectivity index (χ1) is 16.7. The van der Waals surface area contributed by atoms with E-state index in [-0.39, 0.29) is 11.9 Å². The molecule has 0 unspecified atom stereocenters. The monoisotopic (exact) mass is 472 g/mol. The molecular weight excluding hydrogens is 424 g/mol. The summed E-state index contributed by atoms with van der Waals surface area (Å²) in [5, 5.41) is 0. The predicted octanol–water partition coefficient (Wildman–Crippen LogP) is 7.98. The van der Waals surface area contributed by atoms with Gasteiger partial charge in [0.25, 0.3) is 0 Å². The van der Waals surface area contributed by atoms with E-state index in [1.807, 2.05) is 24.3 Å². The Hall–Kier alpha value is -1.71. The van der Waals surface area contributed by atoms with Gasteiger partial charge >= 0.3 is 5.97 Å². The zero-order chi connectivity index (χ0) is 24.0. The molecule has 2 saturated carbocycles. The van der Waals surface area contributed by atoms with E-state index >= 15 is 0 Å². The van der Waals surface area contributed by atoms with Gasteiger partial charge in [0.15, 0.2) is 0 Å². The molecule has 3 rings (SSSR count). The lowest BCUT2D eigenvalue weighted by Gasteiger charge is -2.37. The van der Waals surface area contributed by atoms with Crippen LogP contribution in [0.1, 0.15) is 104 Å². The number of esters is 1. The van der Waals surface area contributed by atoms with Crippen molar-refractivity contribution in [2.24, 2.45) is 23.7 Å². The van der Waals surface area contributed by atoms with Crippen molar-refractivity contribution in [3.63, 3.8) is 0 Å². The maximum absolute atomic E-state index is 12.5. The average molecular weight is 473 g/mol. The number of hydrogen-bond acceptors (Lipinski definition) is 4. The maximum atomic E-state index is 12.5. The number of hydrogen-bond donors (Lipinski definition) is 0. The Labute approximate surface area is 208 Å². The van der Waals surface area contributed by atoms with Crippen molar-refractivity contribution in [3.8, 4) is 11.5 Å². The van der Waals surface area contributed by atoms with Gasteiger partial charge in [-0.3, -0.25) is 4.79 Å². The first kappa shape index (κ1) is 26.9. The minimum atomic E-state index is 0.00896. The van der Waals surface area contributed by atoms with Gasteiger partial charge in [0.1, 0.15) is 11.5 Å². The van der Waals surface area contributed by atoms with Crippen molar-refractivity contribution in [3.05, 3.63) is 24.3 Å². The fourth-order valence-corrected chi connectivity index (χ4v) is 5.90. The highest BCUT2D eigenvalue weighted by Gasteiger charge is 2.33. The molecule has 0 aromatic heterocycles. The zero-order valence-corrected chi connectivity index (χ0v) is 21.8. The SMILES string of the molecule is CCCCCOc1ccc(OCCCOC(=O)[C@H]2CC[C@H]([C@H]3CC[C@H](CCC)CC3)CC2)cc1. The quantitative estimate of drug-likeness (QED) is 0.203. The third-order valence-electron chi connectivity index (χ3n) is 8.00. The Balaban J connectivity index is 1.23. The summed E-state index contributed by atoms with van der Waals surface area (Å²) in [5.41, 5.74) is 0. The normalized spacial score (nSPS) is 25.0. The van der Waals surface area contributed by atoms with Crippen LogP contribution in [0.3, 0.4) is 0 Å². The van der Waals surface area contributed by atoms with E-state index in [9.17, 15) is 4.79 Å². The van der Waals surface area contributed by atoms with Crippen molar-refractivity contribution >= 4 is 5.97 Å². The van der Waals surface area contributed by atoms with Crippen LogP contribution in [0.25, 0.3) is 0 Å². The van der Waals surface area contributed by atoms with Gasteiger partial charge in [-0.15, -0.1) is 0 Å². The second-order valence-electron chi connectivity index (χ2n) is 10.6. The number of benzene rings is 1. The summed E-state index contributed by atoms with van der Waals surface area (Å²) in [6.07, 6.45) is 17.1. The van der Waals surface area contributed by atoms with E-state index < -0.39 is 0 Å². The van der Waals surface area contributed by atoms with E-state index in [1.54, 1.807) is 0 Å². The number of ether oxygens (including phenoxy) is 3. The average Bonchev–Trinajstić information content (AvgIpc) is 2.88. The molecule has 2 aliphatic carbocycles. The number of carbonyl (C=O) groups is 1. The van der Waals surface area contributed by atoms with Crippen LogP contribution in [0.15, 0.2) is 24.3 Å². The standard InChI is InChI=1S/C30H48O4/c1-3-5-6-21-32-28-17-19-29(20-18-28)33-22-7-23-34-30(31)27-15-13-26(14-16-27)25-11-9-24(8-4-2)10-12-25/h17-20,24-27H,3-16,21-23H2,1-2H3/t24-,25-,26-,27-. The Morgan fingerprint density at radius 2 is 1.26 bits per heavy atom. The summed E-state index contributed by atoms with van der Waals surface area (Å²) in [6.45, 7) is 6.26. The Kier molecular flexibility index (Phi) is 12.1. The van der Waals surface area contributed by atoms with Crippen LogP contribution in [0.2, 0.25) is 0 Å². The molecule has 4 nitrogen and oxygen atoms in total. The second kappa shape index (κ2) is 15.3. The lowest BCUT2D eigenvalue weighted by molar-refractivity contribution is -0.150. The summed E-state index contributed by atoms with van der Waals surface area (Å²) in [5.74, 6) is 4.56.